The standard InChI is InChI=1S/C19H19N3O4S2/c1-13-7-3-5-9-15(13)12-28(24,25)19-22-21-18(27-19)20-17(23)11-26-16-10-6-4-8-14(16)2/h3-10H,11-12H2,1-2H3,(H,20,21,23). The third kappa shape index (κ3) is 4.93. The molecule has 0 aliphatic heterocycles. The van der Waals surface area contributed by atoms with Gasteiger partial charge in [0.25, 0.3) is 5.91 Å². The molecule has 28 heavy (non-hydrogen) atoms. The number of hydrogen-bond donors (Lipinski definition) is 1. The van der Waals surface area contributed by atoms with Gasteiger partial charge in [0.1, 0.15) is 5.75 Å². The Morgan fingerprint density at radius 2 is 1.71 bits per heavy atom. The number of aryl methyl sites for hydroxylation is 2. The van der Waals surface area contributed by atoms with Crippen LogP contribution in [-0.2, 0) is 20.4 Å². The normalized spacial score (nSPS) is 11.2. The first-order valence-electron chi connectivity index (χ1n) is 8.44. The summed E-state index contributed by atoms with van der Waals surface area (Å²) >= 11 is 0.820. The summed E-state index contributed by atoms with van der Waals surface area (Å²) in [5.74, 6) is -0.00258. The Bertz CT molecular complexity index is 1090. The van der Waals surface area contributed by atoms with Crippen molar-refractivity contribution in [2.45, 2.75) is 23.9 Å². The minimum Gasteiger partial charge on any atom is -0.483 e. The molecule has 1 amide bonds. The predicted octanol–water partition coefficient (Wildman–Crippen LogP) is 3.15. The molecule has 7 nitrogen and oxygen atoms in total. The molecule has 0 aliphatic rings. The molecule has 0 spiro atoms. The van der Waals surface area contributed by atoms with E-state index in [1.54, 1.807) is 18.2 Å². The van der Waals surface area contributed by atoms with Crippen LogP contribution >= 0.6 is 11.3 Å². The summed E-state index contributed by atoms with van der Waals surface area (Å²) in [4.78, 5) is 12.0. The first kappa shape index (κ1) is 20.0. The monoisotopic (exact) mass is 417 g/mol. The summed E-state index contributed by atoms with van der Waals surface area (Å²) in [6.45, 7) is 3.52. The molecule has 0 fully saturated rings. The highest BCUT2D eigenvalue weighted by atomic mass is 32.2. The number of aromatic nitrogens is 2. The first-order chi connectivity index (χ1) is 13.3. The van der Waals surface area contributed by atoms with Crippen LogP contribution in [0.1, 0.15) is 16.7 Å². The Morgan fingerprint density at radius 1 is 1.04 bits per heavy atom. The van der Waals surface area contributed by atoms with Crippen LogP contribution in [0.2, 0.25) is 0 Å². The Morgan fingerprint density at radius 3 is 2.43 bits per heavy atom. The molecule has 0 radical (unpaired) electrons. The Balaban J connectivity index is 1.62. The smallest absolute Gasteiger partial charge is 0.264 e. The molecule has 1 heterocycles. The van der Waals surface area contributed by atoms with E-state index in [1.807, 2.05) is 44.2 Å². The van der Waals surface area contributed by atoms with Gasteiger partial charge in [0.2, 0.25) is 19.3 Å². The van der Waals surface area contributed by atoms with Crippen molar-refractivity contribution in [2.75, 3.05) is 11.9 Å². The molecule has 0 unspecified atom stereocenters. The maximum absolute atomic E-state index is 12.6. The zero-order valence-corrected chi connectivity index (χ0v) is 17.0. The van der Waals surface area contributed by atoms with Gasteiger partial charge in [-0.25, -0.2) is 8.42 Å². The lowest BCUT2D eigenvalue weighted by Gasteiger charge is -2.07. The minimum atomic E-state index is -3.65. The van der Waals surface area contributed by atoms with Crippen LogP contribution in [-0.4, -0.2) is 31.1 Å². The van der Waals surface area contributed by atoms with Gasteiger partial charge < -0.3 is 4.74 Å². The zero-order chi connectivity index (χ0) is 20.1. The van der Waals surface area contributed by atoms with Crippen LogP contribution < -0.4 is 10.1 Å². The lowest BCUT2D eigenvalue weighted by Crippen LogP contribution is -2.20. The molecule has 0 saturated carbocycles. The van der Waals surface area contributed by atoms with Gasteiger partial charge in [0, 0.05) is 0 Å². The number of anilines is 1. The van der Waals surface area contributed by atoms with Gasteiger partial charge in [-0.1, -0.05) is 53.8 Å². The van der Waals surface area contributed by atoms with Gasteiger partial charge in [0.15, 0.2) is 6.61 Å². The summed E-state index contributed by atoms with van der Waals surface area (Å²) in [6, 6.07) is 14.6. The van der Waals surface area contributed by atoms with E-state index >= 15 is 0 Å². The molecule has 3 rings (SSSR count). The van der Waals surface area contributed by atoms with E-state index in [0.717, 1.165) is 22.5 Å². The number of hydrogen-bond acceptors (Lipinski definition) is 7. The Hall–Kier alpha value is -2.78. The fraction of sp³-hybridized carbons (Fsp3) is 0.211. The number of nitrogens with one attached hydrogen (secondary N) is 1. The number of para-hydroxylation sites is 1. The second kappa shape index (κ2) is 8.49. The molecule has 0 aliphatic carbocycles. The van der Waals surface area contributed by atoms with Gasteiger partial charge in [-0.2, -0.15) is 0 Å². The van der Waals surface area contributed by atoms with Crippen molar-refractivity contribution in [1.29, 1.82) is 0 Å². The molecular weight excluding hydrogens is 398 g/mol. The summed E-state index contributed by atoms with van der Waals surface area (Å²) < 4.78 is 30.5. The molecule has 0 atom stereocenters. The lowest BCUT2D eigenvalue weighted by molar-refractivity contribution is -0.118. The number of ether oxygens (including phenoxy) is 1. The maximum atomic E-state index is 12.6. The lowest BCUT2D eigenvalue weighted by atomic mass is 10.1. The predicted molar refractivity (Wildman–Crippen MR) is 107 cm³/mol. The second-order valence-electron chi connectivity index (χ2n) is 6.16. The molecule has 146 valence electrons. The zero-order valence-electron chi connectivity index (χ0n) is 15.4. The SMILES string of the molecule is Cc1ccccc1CS(=O)(=O)c1nnc(NC(=O)COc2ccccc2C)s1. The number of rotatable bonds is 7. The Kier molecular flexibility index (Phi) is 6.05. The highest BCUT2D eigenvalue weighted by molar-refractivity contribution is 7.92. The molecule has 1 aromatic heterocycles. The van der Waals surface area contributed by atoms with Crippen LogP contribution in [0.4, 0.5) is 5.13 Å². The van der Waals surface area contributed by atoms with E-state index in [-0.39, 0.29) is 21.8 Å². The number of sulfone groups is 1. The van der Waals surface area contributed by atoms with Crippen molar-refractivity contribution in [3.8, 4) is 5.75 Å². The summed E-state index contributed by atoms with van der Waals surface area (Å²) in [5.41, 5.74) is 2.50. The number of benzene rings is 2. The number of carbonyl (C=O) groups excluding carboxylic acids is 1. The first-order valence-corrected chi connectivity index (χ1v) is 10.9. The molecule has 0 saturated heterocycles. The van der Waals surface area contributed by atoms with Crippen LogP contribution in [0.15, 0.2) is 52.9 Å². The second-order valence-corrected chi connectivity index (χ2v) is 9.30. The van der Waals surface area contributed by atoms with Gasteiger partial charge in [-0.3, -0.25) is 10.1 Å². The van der Waals surface area contributed by atoms with Crippen molar-refractivity contribution in [1.82, 2.24) is 10.2 Å². The van der Waals surface area contributed by atoms with Crippen LogP contribution in [0, 0.1) is 13.8 Å². The average Bonchev–Trinajstić information content (AvgIpc) is 3.12. The van der Waals surface area contributed by atoms with E-state index in [9.17, 15) is 13.2 Å². The van der Waals surface area contributed by atoms with E-state index in [2.05, 4.69) is 15.5 Å². The van der Waals surface area contributed by atoms with Crippen LogP contribution in [0.5, 0.6) is 5.75 Å². The van der Waals surface area contributed by atoms with E-state index in [4.69, 9.17) is 4.74 Å². The van der Waals surface area contributed by atoms with Gasteiger partial charge >= 0.3 is 0 Å². The summed E-state index contributed by atoms with van der Waals surface area (Å²) in [6.07, 6.45) is 0. The van der Waals surface area contributed by atoms with Crippen LogP contribution in [0.25, 0.3) is 0 Å². The highest BCUT2D eigenvalue weighted by Crippen LogP contribution is 2.24. The topological polar surface area (TPSA) is 98.3 Å². The molecular formula is C19H19N3O4S2. The van der Waals surface area contributed by atoms with Gasteiger partial charge in [0.05, 0.1) is 5.75 Å². The van der Waals surface area contributed by atoms with Crippen LogP contribution in [0.3, 0.4) is 0 Å². The third-order valence-corrected chi connectivity index (χ3v) is 6.93. The summed E-state index contributed by atoms with van der Waals surface area (Å²) in [7, 11) is -3.65. The van der Waals surface area contributed by atoms with Crippen molar-refractivity contribution in [2.24, 2.45) is 0 Å². The van der Waals surface area contributed by atoms with E-state index in [1.165, 1.54) is 0 Å². The minimum absolute atomic E-state index is 0.113. The highest BCUT2D eigenvalue weighted by Gasteiger charge is 2.22. The maximum Gasteiger partial charge on any atom is 0.264 e. The van der Waals surface area contributed by atoms with Gasteiger partial charge in [-0.05, 0) is 36.6 Å². The molecule has 1 N–H and O–H groups in total. The fourth-order valence-electron chi connectivity index (χ4n) is 2.44. The quantitative estimate of drug-likeness (QED) is 0.593. The van der Waals surface area contributed by atoms with Crippen molar-refractivity contribution in [3.05, 3.63) is 65.2 Å². The van der Waals surface area contributed by atoms with Crippen molar-refractivity contribution in [3.63, 3.8) is 0 Å². The van der Waals surface area contributed by atoms with E-state index in [0.29, 0.717) is 11.3 Å². The third-order valence-electron chi connectivity index (χ3n) is 3.98. The number of amides is 1. The molecule has 3 aromatic rings. The molecule has 9 heteroatoms. The number of nitrogens with zero attached hydrogens (tertiary/aromatic N) is 2. The van der Waals surface area contributed by atoms with E-state index < -0.39 is 15.7 Å². The number of carbonyl (C=O) groups is 1. The molecule has 2 aromatic carbocycles. The summed E-state index contributed by atoms with van der Waals surface area (Å²) in [5, 5.41) is 10.1. The average molecular weight is 418 g/mol. The van der Waals surface area contributed by atoms with Gasteiger partial charge in [-0.15, -0.1) is 10.2 Å². The largest absolute Gasteiger partial charge is 0.483 e. The Labute approximate surface area is 167 Å². The van der Waals surface area contributed by atoms with Crippen molar-refractivity contribution < 1.29 is 17.9 Å². The molecule has 0 bridgehead atoms. The van der Waals surface area contributed by atoms with Crippen molar-refractivity contribution >= 4 is 32.2 Å². The fourth-order valence-corrected chi connectivity index (χ4v) is 4.88.